The number of hydrogen-bond acceptors (Lipinski definition) is 4. The Kier molecular flexibility index (Phi) is 3.85. The van der Waals surface area contributed by atoms with Crippen LogP contribution in [-0.4, -0.2) is 28.0 Å². The van der Waals surface area contributed by atoms with Gasteiger partial charge in [0.2, 0.25) is 0 Å². The van der Waals surface area contributed by atoms with Crippen molar-refractivity contribution in [2.75, 3.05) is 7.11 Å². The maximum Gasteiger partial charge on any atom is 0.350 e. The SMILES string of the molecule is COc1cccc2[nH]c3c(=O)n(N=Cc4cccc(Cl)c4)c(=O)[nH]c3c12. The van der Waals surface area contributed by atoms with E-state index in [-0.39, 0.29) is 5.52 Å². The molecule has 7 nitrogen and oxygen atoms in total. The van der Waals surface area contributed by atoms with Crippen LogP contribution in [-0.2, 0) is 0 Å². The first-order chi connectivity index (χ1) is 12.6. The molecule has 0 aliphatic rings. The minimum absolute atomic E-state index is 0.243. The van der Waals surface area contributed by atoms with Crippen LogP contribution in [0.5, 0.6) is 5.75 Å². The number of fused-ring (bicyclic) bond motifs is 3. The highest BCUT2D eigenvalue weighted by molar-refractivity contribution is 6.30. The number of nitrogens with one attached hydrogen (secondary N) is 2. The highest BCUT2D eigenvalue weighted by Gasteiger charge is 2.15. The van der Waals surface area contributed by atoms with Gasteiger partial charge in [0.05, 0.1) is 29.7 Å². The predicted molar refractivity (Wildman–Crippen MR) is 102 cm³/mol. The van der Waals surface area contributed by atoms with E-state index in [0.717, 1.165) is 4.68 Å². The monoisotopic (exact) mass is 368 g/mol. The second-order valence-electron chi connectivity index (χ2n) is 5.60. The van der Waals surface area contributed by atoms with Gasteiger partial charge in [0.1, 0.15) is 11.3 Å². The molecule has 26 heavy (non-hydrogen) atoms. The van der Waals surface area contributed by atoms with Crippen molar-refractivity contribution in [3.63, 3.8) is 0 Å². The Bertz CT molecular complexity index is 1280. The molecule has 0 saturated heterocycles. The topological polar surface area (TPSA) is 92.2 Å². The van der Waals surface area contributed by atoms with Gasteiger partial charge in [0, 0.05) is 5.02 Å². The van der Waals surface area contributed by atoms with Crippen molar-refractivity contribution in [3.8, 4) is 5.75 Å². The zero-order valence-electron chi connectivity index (χ0n) is 13.6. The Morgan fingerprint density at radius 3 is 2.69 bits per heavy atom. The van der Waals surface area contributed by atoms with Crippen molar-refractivity contribution in [2.24, 2.45) is 5.10 Å². The van der Waals surface area contributed by atoms with Crippen LogP contribution in [0.1, 0.15) is 5.56 Å². The first-order valence-electron chi connectivity index (χ1n) is 7.72. The largest absolute Gasteiger partial charge is 0.496 e. The molecule has 0 fully saturated rings. The molecule has 0 saturated carbocycles. The molecule has 0 unspecified atom stereocenters. The van der Waals surface area contributed by atoms with Gasteiger partial charge in [0.15, 0.2) is 0 Å². The number of methoxy groups -OCH3 is 1. The van der Waals surface area contributed by atoms with Gasteiger partial charge in [-0.05, 0) is 29.8 Å². The number of aromatic amines is 2. The fourth-order valence-electron chi connectivity index (χ4n) is 2.85. The van der Waals surface area contributed by atoms with E-state index in [1.807, 2.05) is 0 Å². The highest BCUT2D eigenvalue weighted by atomic mass is 35.5. The summed E-state index contributed by atoms with van der Waals surface area (Å²) in [5, 5.41) is 5.18. The van der Waals surface area contributed by atoms with Crippen LogP contribution in [0.25, 0.3) is 21.9 Å². The van der Waals surface area contributed by atoms with Gasteiger partial charge in [-0.3, -0.25) is 4.79 Å². The van der Waals surface area contributed by atoms with Crippen molar-refractivity contribution in [1.82, 2.24) is 14.6 Å². The molecule has 4 rings (SSSR count). The maximum atomic E-state index is 12.7. The van der Waals surface area contributed by atoms with Crippen molar-refractivity contribution in [2.45, 2.75) is 0 Å². The Hall–Kier alpha value is -3.32. The standard InChI is InChI=1S/C18H13ClN4O3/c1-26-13-7-3-6-12-14(13)15-16(21-12)17(24)23(18(25)22-15)20-9-10-4-2-5-11(19)8-10/h2-9,21H,1H3,(H,22,25). The number of rotatable bonds is 3. The zero-order chi connectivity index (χ0) is 18.3. The third kappa shape index (κ3) is 2.58. The second-order valence-corrected chi connectivity index (χ2v) is 6.04. The molecule has 0 atom stereocenters. The van der Waals surface area contributed by atoms with Gasteiger partial charge < -0.3 is 14.7 Å². The maximum absolute atomic E-state index is 12.7. The van der Waals surface area contributed by atoms with Gasteiger partial charge >= 0.3 is 11.2 Å². The van der Waals surface area contributed by atoms with Gasteiger partial charge in [-0.15, -0.1) is 4.68 Å². The molecule has 0 amide bonds. The summed E-state index contributed by atoms with van der Waals surface area (Å²) in [6.45, 7) is 0. The summed E-state index contributed by atoms with van der Waals surface area (Å²) in [7, 11) is 1.53. The summed E-state index contributed by atoms with van der Waals surface area (Å²) in [5.41, 5.74) is 0.785. The lowest BCUT2D eigenvalue weighted by molar-refractivity contribution is 0.420. The van der Waals surface area contributed by atoms with Crippen LogP contribution >= 0.6 is 11.6 Å². The van der Waals surface area contributed by atoms with Gasteiger partial charge in [0.25, 0.3) is 0 Å². The normalized spacial score (nSPS) is 11.6. The first kappa shape index (κ1) is 16.2. The van der Waals surface area contributed by atoms with Crippen LogP contribution in [0.15, 0.2) is 57.2 Å². The van der Waals surface area contributed by atoms with Crippen molar-refractivity contribution >= 4 is 39.8 Å². The molecular formula is C18H13ClN4O3. The Morgan fingerprint density at radius 2 is 1.92 bits per heavy atom. The minimum atomic E-state index is -0.646. The Morgan fingerprint density at radius 1 is 1.12 bits per heavy atom. The van der Waals surface area contributed by atoms with Crippen LogP contribution in [0.2, 0.25) is 5.02 Å². The van der Waals surface area contributed by atoms with E-state index in [9.17, 15) is 9.59 Å². The average Bonchev–Trinajstić information content (AvgIpc) is 3.00. The highest BCUT2D eigenvalue weighted by Crippen LogP contribution is 2.29. The second kappa shape index (κ2) is 6.20. The quantitative estimate of drug-likeness (QED) is 0.544. The molecule has 0 aliphatic carbocycles. The van der Waals surface area contributed by atoms with Crippen LogP contribution in [0, 0.1) is 0 Å². The predicted octanol–water partition coefficient (Wildman–Crippen LogP) is 2.72. The van der Waals surface area contributed by atoms with Crippen molar-refractivity contribution in [3.05, 3.63) is 73.9 Å². The third-order valence-electron chi connectivity index (χ3n) is 4.01. The van der Waals surface area contributed by atoms with Gasteiger partial charge in [-0.25, -0.2) is 4.79 Å². The fourth-order valence-corrected chi connectivity index (χ4v) is 3.04. The van der Waals surface area contributed by atoms with E-state index in [1.54, 1.807) is 42.5 Å². The number of hydrogen-bond donors (Lipinski definition) is 2. The number of benzene rings is 2. The Balaban J connectivity index is 1.94. The minimum Gasteiger partial charge on any atom is -0.496 e. The number of ether oxygens (including phenoxy) is 1. The molecule has 0 aliphatic heterocycles. The summed E-state index contributed by atoms with van der Waals surface area (Å²) in [6, 6.07) is 12.3. The lowest BCUT2D eigenvalue weighted by atomic mass is 10.2. The Labute approximate surface area is 151 Å². The smallest absolute Gasteiger partial charge is 0.350 e. The van der Waals surface area contributed by atoms with Crippen LogP contribution in [0.3, 0.4) is 0 Å². The molecular weight excluding hydrogens is 356 g/mol. The van der Waals surface area contributed by atoms with E-state index in [1.165, 1.54) is 13.3 Å². The van der Waals surface area contributed by atoms with Crippen LogP contribution in [0.4, 0.5) is 0 Å². The summed E-state index contributed by atoms with van der Waals surface area (Å²) in [6.07, 6.45) is 1.40. The molecule has 2 heterocycles. The number of halogens is 1. The number of H-pyrrole nitrogens is 2. The molecule has 4 aromatic rings. The van der Waals surface area contributed by atoms with E-state index in [4.69, 9.17) is 16.3 Å². The summed E-state index contributed by atoms with van der Waals surface area (Å²) in [5.74, 6) is 0.559. The summed E-state index contributed by atoms with van der Waals surface area (Å²) >= 11 is 5.93. The van der Waals surface area contributed by atoms with E-state index < -0.39 is 11.2 Å². The van der Waals surface area contributed by atoms with Crippen molar-refractivity contribution < 1.29 is 4.74 Å². The number of aromatic nitrogens is 3. The lowest BCUT2D eigenvalue weighted by Crippen LogP contribution is -2.32. The molecule has 2 aromatic carbocycles. The molecule has 0 bridgehead atoms. The van der Waals surface area contributed by atoms with E-state index in [2.05, 4.69) is 15.1 Å². The fraction of sp³-hybridized carbons (Fsp3) is 0.0556. The lowest BCUT2D eigenvalue weighted by Gasteiger charge is -2.01. The molecule has 2 aromatic heterocycles. The molecule has 2 N–H and O–H groups in total. The molecule has 130 valence electrons. The van der Waals surface area contributed by atoms with Gasteiger partial charge in [-0.2, -0.15) is 5.10 Å². The average molecular weight is 369 g/mol. The summed E-state index contributed by atoms with van der Waals surface area (Å²) < 4.78 is 6.10. The van der Waals surface area contributed by atoms with Crippen molar-refractivity contribution in [1.29, 1.82) is 0 Å². The summed E-state index contributed by atoms with van der Waals surface area (Å²) in [4.78, 5) is 30.9. The molecule has 0 radical (unpaired) electrons. The zero-order valence-corrected chi connectivity index (χ0v) is 14.4. The van der Waals surface area contributed by atoms with Crippen LogP contribution < -0.4 is 16.0 Å². The molecule has 0 spiro atoms. The number of nitrogens with zero attached hydrogens (tertiary/aromatic N) is 2. The van der Waals surface area contributed by atoms with E-state index >= 15 is 0 Å². The van der Waals surface area contributed by atoms with E-state index in [0.29, 0.717) is 32.8 Å². The first-order valence-corrected chi connectivity index (χ1v) is 8.10. The van der Waals surface area contributed by atoms with Gasteiger partial charge in [-0.1, -0.05) is 29.8 Å². The molecule has 8 heteroatoms. The third-order valence-corrected chi connectivity index (χ3v) is 4.24.